The third-order valence-electron chi connectivity index (χ3n) is 2.13. The van der Waals surface area contributed by atoms with Gasteiger partial charge >= 0.3 is 5.82 Å². The lowest BCUT2D eigenvalue weighted by atomic mass is 10.2. The Labute approximate surface area is 107 Å². The van der Waals surface area contributed by atoms with Gasteiger partial charge in [-0.1, -0.05) is 35.3 Å². The molecule has 0 spiro atoms. The van der Waals surface area contributed by atoms with Gasteiger partial charge in [0, 0.05) is 5.02 Å². The molecule has 0 aliphatic rings. The van der Waals surface area contributed by atoms with Crippen LogP contribution in [0.2, 0.25) is 10.0 Å². The second-order valence-electron chi connectivity index (χ2n) is 3.38. The van der Waals surface area contributed by atoms with E-state index in [0.717, 1.165) is 5.56 Å². The van der Waals surface area contributed by atoms with Crippen LogP contribution in [0.4, 0.5) is 5.82 Å². The normalized spacial score (nSPS) is 10.5. The smallest absolute Gasteiger partial charge is 0.358 e. The predicted octanol–water partition coefficient (Wildman–Crippen LogP) is 3.15. The molecule has 1 aromatic heterocycles. The van der Waals surface area contributed by atoms with Crippen molar-refractivity contribution in [3.63, 3.8) is 0 Å². The molecule has 88 valence electrons. The van der Waals surface area contributed by atoms with E-state index >= 15 is 0 Å². The van der Waals surface area contributed by atoms with E-state index in [1.165, 1.54) is 10.9 Å². The summed E-state index contributed by atoms with van der Waals surface area (Å²) in [6.45, 7) is 0.407. The maximum atomic E-state index is 10.6. The first-order chi connectivity index (χ1) is 8.06. The van der Waals surface area contributed by atoms with Gasteiger partial charge in [0.1, 0.15) is 0 Å². The lowest BCUT2D eigenvalue weighted by Crippen LogP contribution is -2.00. The molecule has 2 rings (SSSR count). The molecule has 1 aromatic carbocycles. The molecule has 0 aliphatic carbocycles. The Morgan fingerprint density at radius 2 is 1.94 bits per heavy atom. The first-order valence-corrected chi connectivity index (χ1v) is 5.43. The molecule has 0 atom stereocenters. The van der Waals surface area contributed by atoms with Crippen LogP contribution in [-0.2, 0) is 6.54 Å². The molecule has 2 aromatic rings. The molecule has 0 N–H and O–H groups in total. The van der Waals surface area contributed by atoms with Gasteiger partial charge in [0.2, 0.25) is 0 Å². The quantitative estimate of drug-likeness (QED) is 0.637. The van der Waals surface area contributed by atoms with Crippen molar-refractivity contribution in [1.82, 2.24) is 9.78 Å². The van der Waals surface area contributed by atoms with Crippen molar-refractivity contribution >= 4 is 29.0 Å². The molecule has 0 bridgehead atoms. The Balaban J connectivity index is 2.22. The minimum atomic E-state index is -0.610. The lowest BCUT2D eigenvalue weighted by Gasteiger charge is -1.97. The largest absolute Gasteiger partial charge is 0.408 e. The molecule has 0 radical (unpaired) electrons. The predicted molar refractivity (Wildman–Crippen MR) is 64.4 cm³/mol. The van der Waals surface area contributed by atoms with Gasteiger partial charge in [-0.3, -0.25) is 0 Å². The van der Waals surface area contributed by atoms with Gasteiger partial charge in [-0.15, -0.1) is 0 Å². The third-order valence-corrected chi connectivity index (χ3v) is 2.65. The fourth-order valence-electron chi connectivity index (χ4n) is 1.37. The van der Waals surface area contributed by atoms with Gasteiger partial charge in [-0.05, 0) is 22.6 Å². The van der Waals surface area contributed by atoms with Gasteiger partial charge in [0.15, 0.2) is 5.02 Å². The molecule has 0 saturated heterocycles. The molecule has 5 nitrogen and oxygen atoms in total. The number of rotatable bonds is 3. The number of hydrogen-bond donors (Lipinski definition) is 0. The second-order valence-corrected chi connectivity index (χ2v) is 4.23. The number of nitro groups is 1. The Morgan fingerprint density at radius 1 is 1.29 bits per heavy atom. The van der Waals surface area contributed by atoms with Crippen molar-refractivity contribution < 1.29 is 4.92 Å². The Kier molecular flexibility index (Phi) is 3.31. The molecule has 0 unspecified atom stereocenters. The van der Waals surface area contributed by atoms with Crippen LogP contribution < -0.4 is 0 Å². The van der Waals surface area contributed by atoms with Crippen molar-refractivity contribution in [2.45, 2.75) is 6.54 Å². The summed E-state index contributed by atoms with van der Waals surface area (Å²) in [5.41, 5.74) is 0.934. The summed E-state index contributed by atoms with van der Waals surface area (Å²) in [7, 11) is 0. The molecule has 0 amide bonds. The summed E-state index contributed by atoms with van der Waals surface area (Å²) in [6, 6.07) is 7.14. The molecule has 0 saturated carbocycles. The van der Waals surface area contributed by atoms with Crippen molar-refractivity contribution in [1.29, 1.82) is 0 Å². The van der Waals surface area contributed by atoms with Crippen molar-refractivity contribution in [2.24, 2.45) is 0 Å². The Hall–Kier alpha value is -1.59. The zero-order valence-corrected chi connectivity index (χ0v) is 10.0. The van der Waals surface area contributed by atoms with Gasteiger partial charge in [-0.2, -0.15) is 4.68 Å². The maximum absolute atomic E-state index is 10.6. The molecule has 17 heavy (non-hydrogen) atoms. The van der Waals surface area contributed by atoms with Crippen molar-refractivity contribution in [3.05, 3.63) is 56.2 Å². The van der Waals surface area contributed by atoms with Gasteiger partial charge in [0.05, 0.1) is 17.8 Å². The summed E-state index contributed by atoms with van der Waals surface area (Å²) in [5.74, 6) is -0.333. The van der Waals surface area contributed by atoms with Gasteiger partial charge in [0.25, 0.3) is 0 Å². The van der Waals surface area contributed by atoms with Crippen molar-refractivity contribution in [3.8, 4) is 0 Å². The molecule has 1 heterocycles. The Morgan fingerprint density at radius 3 is 2.47 bits per heavy atom. The number of aromatic nitrogens is 2. The average Bonchev–Trinajstić information content (AvgIpc) is 2.63. The van der Waals surface area contributed by atoms with Crippen LogP contribution >= 0.6 is 23.2 Å². The zero-order valence-electron chi connectivity index (χ0n) is 8.51. The lowest BCUT2D eigenvalue weighted by molar-refractivity contribution is -0.389. The summed E-state index contributed by atoms with van der Waals surface area (Å²) < 4.78 is 1.42. The molecule has 0 aliphatic heterocycles. The highest BCUT2D eigenvalue weighted by Gasteiger charge is 2.18. The minimum absolute atomic E-state index is 0.0314. The minimum Gasteiger partial charge on any atom is -0.358 e. The van der Waals surface area contributed by atoms with E-state index in [4.69, 9.17) is 23.2 Å². The second kappa shape index (κ2) is 4.73. The summed E-state index contributed by atoms with van der Waals surface area (Å²) in [4.78, 5) is 9.95. The van der Waals surface area contributed by atoms with E-state index in [-0.39, 0.29) is 10.8 Å². The zero-order chi connectivity index (χ0) is 12.4. The van der Waals surface area contributed by atoms with Crippen LogP contribution in [-0.4, -0.2) is 14.7 Å². The molecular weight excluding hydrogens is 265 g/mol. The van der Waals surface area contributed by atoms with Crippen LogP contribution in [0.25, 0.3) is 0 Å². The number of benzene rings is 1. The first-order valence-electron chi connectivity index (χ1n) is 4.68. The Bertz CT molecular complexity index is 551. The highest BCUT2D eigenvalue weighted by Crippen LogP contribution is 2.22. The fraction of sp³-hybridized carbons (Fsp3) is 0.100. The number of halogens is 2. The molecular formula is C10H7Cl2N3O2. The highest BCUT2D eigenvalue weighted by molar-refractivity contribution is 6.32. The average molecular weight is 272 g/mol. The van der Waals surface area contributed by atoms with Crippen LogP contribution in [0.1, 0.15) is 5.56 Å². The van der Waals surface area contributed by atoms with Gasteiger partial charge < -0.3 is 10.1 Å². The van der Waals surface area contributed by atoms with Crippen LogP contribution in [0, 0.1) is 10.1 Å². The van der Waals surface area contributed by atoms with E-state index in [2.05, 4.69) is 5.10 Å². The fourth-order valence-corrected chi connectivity index (χ4v) is 1.71. The SMILES string of the molecule is O=[N+]([O-])c1nn(Cc2ccc(Cl)cc2)cc1Cl. The number of nitrogens with zero attached hydrogens (tertiary/aromatic N) is 3. The summed E-state index contributed by atoms with van der Waals surface area (Å²) in [5, 5.41) is 15.0. The number of hydrogen-bond acceptors (Lipinski definition) is 3. The van der Waals surface area contributed by atoms with E-state index in [9.17, 15) is 10.1 Å². The topological polar surface area (TPSA) is 61.0 Å². The monoisotopic (exact) mass is 271 g/mol. The van der Waals surface area contributed by atoms with Crippen LogP contribution in [0.3, 0.4) is 0 Å². The van der Waals surface area contributed by atoms with Gasteiger partial charge in [-0.25, -0.2) is 0 Å². The van der Waals surface area contributed by atoms with E-state index < -0.39 is 4.92 Å². The maximum Gasteiger partial charge on any atom is 0.408 e. The van der Waals surface area contributed by atoms with E-state index in [1.807, 2.05) is 12.1 Å². The summed E-state index contributed by atoms with van der Waals surface area (Å²) >= 11 is 11.4. The highest BCUT2D eigenvalue weighted by atomic mass is 35.5. The van der Waals surface area contributed by atoms with Crippen LogP contribution in [0.5, 0.6) is 0 Å². The van der Waals surface area contributed by atoms with Crippen molar-refractivity contribution in [2.75, 3.05) is 0 Å². The molecule has 7 heteroatoms. The van der Waals surface area contributed by atoms with Crippen LogP contribution in [0.15, 0.2) is 30.5 Å². The standard InChI is InChI=1S/C10H7Cl2N3O2/c11-8-3-1-7(2-4-8)5-14-6-9(12)10(13-14)15(16)17/h1-4,6H,5H2. The third kappa shape index (κ3) is 2.75. The van der Waals surface area contributed by atoms with E-state index in [0.29, 0.717) is 11.6 Å². The molecule has 0 fully saturated rings. The summed E-state index contributed by atoms with van der Waals surface area (Å²) in [6.07, 6.45) is 1.42. The van der Waals surface area contributed by atoms with E-state index in [1.54, 1.807) is 12.1 Å². The first kappa shape index (κ1) is 11.9.